The van der Waals surface area contributed by atoms with E-state index in [1.165, 1.54) is 4.68 Å². The molecule has 0 saturated carbocycles. The van der Waals surface area contributed by atoms with Crippen molar-refractivity contribution >= 4 is 11.6 Å². The summed E-state index contributed by atoms with van der Waals surface area (Å²) in [4.78, 5) is 29.4. The van der Waals surface area contributed by atoms with Crippen LogP contribution in [0.15, 0.2) is 53.5 Å². The van der Waals surface area contributed by atoms with Crippen molar-refractivity contribution in [3.8, 4) is 5.75 Å². The number of ether oxygens (including phenoxy) is 1. The summed E-state index contributed by atoms with van der Waals surface area (Å²) in [7, 11) is 1.65. The zero-order valence-corrected chi connectivity index (χ0v) is 17.9. The van der Waals surface area contributed by atoms with Gasteiger partial charge in [-0.2, -0.15) is 0 Å². The Morgan fingerprint density at radius 2 is 1.87 bits per heavy atom. The highest BCUT2D eigenvalue weighted by Gasteiger charge is 2.19. The van der Waals surface area contributed by atoms with Gasteiger partial charge in [0.25, 0.3) is 0 Å². The Morgan fingerprint density at radius 1 is 1.03 bits per heavy atom. The number of amides is 1. The molecule has 1 saturated heterocycles. The predicted octanol–water partition coefficient (Wildman–Crippen LogP) is 1.67. The number of hydrogen-bond donors (Lipinski definition) is 0. The van der Waals surface area contributed by atoms with Crippen molar-refractivity contribution in [3.63, 3.8) is 0 Å². The van der Waals surface area contributed by atoms with Crippen LogP contribution >= 0.6 is 0 Å². The maximum absolute atomic E-state index is 12.7. The molecule has 4 rings (SSSR count). The number of fused-ring (bicyclic) bond motifs is 1. The minimum atomic E-state index is -0.110. The lowest BCUT2D eigenvalue weighted by Gasteiger charge is -2.22. The van der Waals surface area contributed by atoms with Crippen molar-refractivity contribution < 1.29 is 9.53 Å². The van der Waals surface area contributed by atoms with Crippen LogP contribution in [0.25, 0.3) is 5.65 Å². The van der Waals surface area contributed by atoms with Gasteiger partial charge < -0.3 is 9.64 Å². The van der Waals surface area contributed by atoms with Crippen LogP contribution in [0.1, 0.15) is 18.4 Å². The summed E-state index contributed by atoms with van der Waals surface area (Å²) in [6.07, 6.45) is 3.93. The molecule has 1 aromatic carbocycles. The molecule has 0 aliphatic carbocycles. The Balaban J connectivity index is 1.26. The number of carbonyl (C=O) groups excluding carboxylic acids is 1. The first-order valence-electron chi connectivity index (χ1n) is 10.8. The average Bonchev–Trinajstić information content (AvgIpc) is 2.97. The summed E-state index contributed by atoms with van der Waals surface area (Å²) >= 11 is 0. The Hall–Kier alpha value is -3.13. The molecular weight excluding hydrogens is 394 g/mol. The number of benzene rings is 1. The summed E-state index contributed by atoms with van der Waals surface area (Å²) in [5.74, 6) is 1.03. The molecule has 1 amide bonds. The maximum Gasteiger partial charge on any atom is 0.350 e. The van der Waals surface area contributed by atoms with Gasteiger partial charge in [-0.25, -0.2) is 9.48 Å². The van der Waals surface area contributed by atoms with Gasteiger partial charge in [0.1, 0.15) is 5.75 Å². The molecule has 31 heavy (non-hydrogen) atoms. The number of nitrogens with zero attached hydrogens (tertiary/aromatic N) is 5. The quantitative estimate of drug-likeness (QED) is 0.578. The molecule has 0 N–H and O–H groups in total. The molecule has 0 bridgehead atoms. The van der Waals surface area contributed by atoms with Crippen molar-refractivity contribution in [2.24, 2.45) is 0 Å². The highest BCUT2D eigenvalue weighted by molar-refractivity contribution is 5.76. The maximum atomic E-state index is 12.7. The molecule has 1 fully saturated rings. The molecular formula is C23H29N5O3. The van der Waals surface area contributed by atoms with Crippen molar-refractivity contribution in [2.75, 3.05) is 39.8 Å². The fraction of sp³-hybridized carbons (Fsp3) is 0.435. The van der Waals surface area contributed by atoms with E-state index in [0.29, 0.717) is 18.6 Å². The zero-order valence-electron chi connectivity index (χ0n) is 17.9. The largest absolute Gasteiger partial charge is 0.497 e. The number of hydrogen-bond acceptors (Lipinski definition) is 5. The molecule has 2 aromatic heterocycles. The van der Waals surface area contributed by atoms with Gasteiger partial charge in [0, 0.05) is 38.8 Å². The van der Waals surface area contributed by atoms with E-state index in [-0.39, 0.29) is 11.6 Å². The van der Waals surface area contributed by atoms with Crippen LogP contribution in [0.2, 0.25) is 0 Å². The summed E-state index contributed by atoms with van der Waals surface area (Å²) in [6, 6.07) is 13.4. The van der Waals surface area contributed by atoms with E-state index in [1.807, 2.05) is 47.4 Å². The van der Waals surface area contributed by atoms with E-state index >= 15 is 0 Å². The molecule has 0 radical (unpaired) electrons. The molecule has 8 heteroatoms. The molecule has 0 spiro atoms. The topological polar surface area (TPSA) is 72.1 Å². The van der Waals surface area contributed by atoms with Crippen molar-refractivity contribution in [2.45, 2.75) is 25.8 Å². The SMILES string of the molecule is COc1ccc(CCC(=O)N2CCCN(CCn3nc4ccccn4c3=O)CC2)cc1. The first-order valence-corrected chi connectivity index (χ1v) is 10.8. The molecule has 1 aliphatic rings. The molecule has 3 heterocycles. The smallest absolute Gasteiger partial charge is 0.350 e. The van der Waals surface area contributed by atoms with Gasteiger partial charge in [-0.1, -0.05) is 18.2 Å². The second-order valence-electron chi connectivity index (χ2n) is 7.86. The summed E-state index contributed by atoms with van der Waals surface area (Å²) in [5, 5.41) is 4.40. The number of aromatic nitrogens is 3. The summed E-state index contributed by atoms with van der Waals surface area (Å²) < 4.78 is 8.27. The monoisotopic (exact) mass is 423 g/mol. The normalized spacial score (nSPS) is 15.2. The van der Waals surface area contributed by atoms with Crippen molar-refractivity contribution in [1.29, 1.82) is 0 Å². The van der Waals surface area contributed by atoms with Gasteiger partial charge in [0.05, 0.1) is 13.7 Å². The Kier molecular flexibility index (Phi) is 6.66. The number of pyridine rings is 1. The van der Waals surface area contributed by atoms with E-state index in [2.05, 4.69) is 10.00 Å². The van der Waals surface area contributed by atoms with E-state index in [1.54, 1.807) is 17.7 Å². The van der Waals surface area contributed by atoms with Crippen LogP contribution < -0.4 is 10.4 Å². The van der Waals surface area contributed by atoms with Crippen LogP contribution in [0.4, 0.5) is 0 Å². The van der Waals surface area contributed by atoms with E-state index in [9.17, 15) is 9.59 Å². The molecule has 1 aliphatic heterocycles. The second-order valence-corrected chi connectivity index (χ2v) is 7.86. The Labute approximate surface area is 181 Å². The van der Waals surface area contributed by atoms with Crippen molar-refractivity contribution in [3.05, 3.63) is 64.7 Å². The fourth-order valence-corrected chi connectivity index (χ4v) is 4.00. The minimum absolute atomic E-state index is 0.110. The van der Waals surface area contributed by atoms with Crippen molar-refractivity contribution in [1.82, 2.24) is 24.0 Å². The van der Waals surface area contributed by atoms with Gasteiger partial charge in [0.2, 0.25) is 5.91 Å². The third kappa shape index (κ3) is 5.14. The van der Waals surface area contributed by atoms with E-state index in [4.69, 9.17) is 4.74 Å². The van der Waals surface area contributed by atoms with E-state index < -0.39 is 0 Å². The van der Waals surface area contributed by atoms with Crippen LogP contribution in [0.5, 0.6) is 5.75 Å². The first-order chi connectivity index (χ1) is 15.1. The van der Waals surface area contributed by atoms with Gasteiger partial charge >= 0.3 is 5.69 Å². The van der Waals surface area contributed by atoms with E-state index in [0.717, 1.165) is 56.9 Å². The highest BCUT2D eigenvalue weighted by atomic mass is 16.5. The molecule has 0 unspecified atom stereocenters. The predicted molar refractivity (Wildman–Crippen MR) is 118 cm³/mol. The van der Waals surface area contributed by atoms with Crippen LogP contribution in [-0.2, 0) is 17.8 Å². The molecule has 164 valence electrons. The summed E-state index contributed by atoms with van der Waals surface area (Å²) in [5.41, 5.74) is 1.70. The Bertz CT molecular complexity index is 1070. The van der Waals surface area contributed by atoms with Gasteiger partial charge in [-0.15, -0.1) is 5.10 Å². The summed E-state index contributed by atoms with van der Waals surface area (Å²) in [6.45, 7) is 4.54. The van der Waals surface area contributed by atoms with Gasteiger partial charge in [-0.05, 0) is 49.2 Å². The number of carbonyl (C=O) groups is 1. The highest BCUT2D eigenvalue weighted by Crippen LogP contribution is 2.14. The molecule has 3 aromatic rings. The van der Waals surface area contributed by atoms with Crippen LogP contribution in [-0.4, -0.2) is 69.7 Å². The van der Waals surface area contributed by atoms with Crippen LogP contribution in [0.3, 0.4) is 0 Å². The molecule has 8 nitrogen and oxygen atoms in total. The minimum Gasteiger partial charge on any atom is -0.497 e. The first kappa shape index (κ1) is 21.1. The van der Waals surface area contributed by atoms with Gasteiger partial charge in [0.15, 0.2) is 5.65 Å². The number of rotatable bonds is 7. The lowest BCUT2D eigenvalue weighted by molar-refractivity contribution is -0.131. The third-order valence-corrected chi connectivity index (χ3v) is 5.84. The Morgan fingerprint density at radius 3 is 2.65 bits per heavy atom. The van der Waals surface area contributed by atoms with Gasteiger partial charge in [-0.3, -0.25) is 14.1 Å². The standard InChI is InChI=1S/C23H29N5O3/c1-31-20-9-6-19(7-10-20)8-11-22(29)26-13-4-12-25(15-17-26)16-18-28-23(30)27-14-3-2-5-21(27)24-28/h2-3,5-7,9-10,14H,4,8,11-13,15-18H2,1H3. The second kappa shape index (κ2) is 9.78. The fourth-order valence-electron chi connectivity index (χ4n) is 4.00. The number of aryl methyl sites for hydroxylation is 1. The number of methoxy groups -OCH3 is 1. The zero-order chi connectivity index (χ0) is 21.6. The van der Waals surface area contributed by atoms with Crippen LogP contribution in [0, 0.1) is 0 Å². The third-order valence-electron chi connectivity index (χ3n) is 5.84. The lowest BCUT2D eigenvalue weighted by atomic mass is 10.1. The average molecular weight is 424 g/mol. The lowest BCUT2D eigenvalue weighted by Crippen LogP contribution is -2.36. The molecule has 0 atom stereocenters.